The molecular formula is C13H11N5OS. The smallest absolute Gasteiger partial charge is 0.277 e. The fourth-order valence-electron chi connectivity index (χ4n) is 1.68. The van der Waals surface area contributed by atoms with E-state index in [4.69, 9.17) is 0 Å². The van der Waals surface area contributed by atoms with E-state index in [2.05, 4.69) is 20.4 Å². The van der Waals surface area contributed by atoms with Crippen molar-refractivity contribution in [3.63, 3.8) is 0 Å². The van der Waals surface area contributed by atoms with Gasteiger partial charge in [0, 0.05) is 36.6 Å². The van der Waals surface area contributed by atoms with Crippen LogP contribution in [0.5, 0.6) is 0 Å². The van der Waals surface area contributed by atoms with E-state index in [-0.39, 0.29) is 5.91 Å². The molecule has 100 valence electrons. The highest BCUT2D eigenvalue weighted by atomic mass is 32.1. The Bertz CT molecular complexity index is 734. The van der Waals surface area contributed by atoms with Gasteiger partial charge in [-0.2, -0.15) is 5.10 Å². The first-order valence-electron chi connectivity index (χ1n) is 5.89. The van der Waals surface area contributed by atoms with E-state index >= 15 is 0 Å². The molecule has 3 aromatic rings. The van der Waals surface area contributed by atoms with Gasteiger partial charge in [0.25, 0.3) is 5.91 Å². The molecule has 0 aromatic carbocycles. The van der Waals surface area contributed by atoms with Gasteiger partial charge >= 0.3 is 0 Å². The molecule has 0 atom stereocenters. The molecule has 0 fully saturated rings. The molecule has 0 radical (unpaired) electrons. The predicted molar refractivity (Wildman–Crippen MR) is 76.5 cm³/mol. The molecule has 0 saturated carbocycles. The average Bonchev–Trinajstić information content (AvgIpc) is 3.09. The van der Waals surface area contributed by atoms with Gasteiger partial charge in [-0.05, 0) is 18.2 Å². The second-order valence-electron chi connectivity index (χ2n) is 4.11. The summed E-state index contributed by atoms with van der Waals surface area (Å²) in [6.07, 6.45) is 5.16. The van der Waals surface area contributed by atoms with E-state index in [0.29, 0.717) is 10.8 Å². The Balaban J connectivity index is 1.76. The summed E-state index contributed by atoms with van der Waals surface area (Å²) in [6, 6.07) is 5.43. The summed E-state index contributed by atoms with van der Waals surface area (Å²) in [6.45, 7) is 0. The van der Waals surface area contributed by atoms with Gasteiger partial charge in [0.1, 0.15) is 0 Å². The fourth-order valence-corrected chi connectivity index (χ4v) is 2.39. The lowest BCUT2D eigenvalue weighted by atomic mass is 10.2. The van der Waals surface area contributed by atoms with Crippen molar-refractivity contribution in [2.24, 2.45) is 7.05 Å². The number of hydrogen-bond acceptors (Lipinski definition) is 5. The number of rotatable bonds is 3. The van der Waals surface area contributed by atoms with Crippen LogP contribution < -0.4 is 5.32 Å². The zero-order valence-corrected chi connectivity index (χ0v) is 11.5. The first-order chi connectivity index (χ1) is 9.72. The summed E-state index contributed by atoms with van der Waals surface area (Å²) in [5.74, 6) is -0.266. The first-order valence-corrected chi connectivity index (χ1v) is 6.77. The van der Waals surface area contributed by atoms with Crippen LogP contribution in [0.15, 0.2) is 42.2 Å². The zero-order valence-electron chi connectivity index (χ0n) is 10.6. The Morgan fingerprint density at radius 2 is 2.30 bits per heavy atom. The topological polar surface area (TPSA) is 72.7 Å². The molecular weight excluding hydrogens is 274 g/mol. The molecule has 0 aliphatic carbocycles. The van der Waals surface area contributed by atoms with Gasteiger partial charge in [0.05, 0.1) is 5.69 Å². The SMILES string of the molecule is Cn1ccc(C(=O)Nc2nc(-c3cccnc3)cs2)n1. The molecule has 0 aliphatic rings. The molecule has 3 aromatic heterocycles. The molecule has 3 heterocycles. The van der Waals surface area contributed by atoms with Crippen molar-refractivity contribution in [1.29, 1.82) is 0 Å². The van der Waals surface area contributed by atoms with E-state index in [1.54, 1.807) is 36.4 Å². The minimum atomic E-state index is -0.266. The lowest BCUT2D eigenvalue weighted by molar-refractivity contribution is 0.102. The third-order valence-electron chi connectivity index (χ3n) is 2.63. The Labute approximate surface area is 119 Å². The number of pyridine rings is 1. The van der Waals surface area contributed by atoms with Crippen LogP contribution in [-0.4, -0.2) is 25.7 Å². The van der Waals surface area contributed by atoms with E-state index in [0.717, 1.165) is 11.3 Å². The molecule has 20 heavy (non-hydrogen) atoms. The Morgan fingerprint density at radius 1 is 1.40 bits per heavy atom. The Morgan fingerprint density at radius 3 is 3.00 bits per heavy atom. The number of carbonyl (C=O) groups is 1. The summed E-state index contributed by atoms with van der Waals surface area (Å²) in [5.41, 5.74) is 2.08. The number of aryl methyl sites for hydroxylation is 1. The van der Waals surface area contributed by atoms with Gasteiger partial charge in [0.2, 0.25) is 0 Å². The van der Waals surface area contributed by atoms with Gasteiger partial charge in [0.15, 0.2) is 10.8 Å². The minimum Gasteiger partial charge on any atom is -0.296 e. The summed E-state index contributed by atoms with van der Waals surface area (Å²) in [7, 11) is 1.76. The first kappa shape index (κ1) is 12.5. The zero-order chi connectivity index (χ0) is 13.9. The van der Waals surface area contributed by atoms with Crippen LogP contribution in [0.2, 0.25) is 0 Å². The predicted octanol–water partition coefficient (Wildman–Crippen LogP) is 2.19. The third-order valence-corrected chi connectivity index (χ3v) is 3.39. The highest BCUT2D eigenvalue weighted by Crippen LogP contribution is 2.24. The van der Waals surface area contributed by atoms with Crippen LogP contribution in [0.25, 0.3) is 11.3 Å². The molecule has 0 bridgehead atoms. The molecule has 0 unspecified atom stereocenters. The van der Waals surface area contributed by atoms with Gasteiger partial charge in [-0.15, -0.1) is 11.3 Å². The maximum absolute atomic E-state index is 11.9. The highest BCUT2D eigenvalue weighted by Gasteiger charge is 2.12. The van der Waals surface area contributed by atoms with Crippen LogP contribution >= 0.6 is 11.3 Å². The van der Waals surface area contributed by atoms with Crippen LogP contribution in [0, 0.1) is 0 Å². The molecule has 1 N–H and O–H groups in total. The lowest BCUT2D eigenvalue weighted by Gasteiger charge is -1.97. The fraction of sp³-hybridized carbons (Fsp3) is 0.0769. The standard InChI is InChI=1S/C13H11N5OS/c1-18-6-4-10(17-18)12(19)16-13-15-11(8-20-13)9-3-2-5-14-7-9/h2-8H,1H3,(H,15,16,19). The van der Waals surface area contributed by atoms with Crippen LogP contribution in [0.1, 0.15) is 10.5 Å². The van der Waals surface area contributed by atoms with E-state index in [9.17, 15) is 4.79 Å². The number of hydrogen-bond donors (Lipinski definition) is 1. The minimum absolute atomic E-state index is 0.266. The van der Waals surface area contributed by atoms with Crippen molar-refractivity contribution in [3.05, 3.63) is 47.9 Å². The van der Waals surface area contributed by atoms with E-state index in [1.165, 1.54) is 11.3 Å². The van der Waals surface area contributed by atoms with E-state index in [1.807, 2.05) is 17.5 Å². The molecule has 7 heteroatoms. The Hall–Kier alpha value is -2.54. The second kappa shape index (κ2) is 5.22. The van der Waals surface area contributed by atoms with Crippen LogP contribution in [0.4, 0.5) is 5.13 Å². The van der Waals surface area contributed by atoms with Gasteiger partial charge in [-0.3, -0.25) is 19.8 Å². The molecule has 0 aliphatic heterocycles. The molecule has 0 spiro atoms. The number of anilines is 1. The lowest BCUT2D eigenvalue weighted by Crippen LogP contribution is -2.12. The Kier molecular flexibility index (Phi) is 3.26. The maximum Gasteiger partial charge on any atom is 0.277 e. The molecule has 0 saturated heterocycles. The number of amides is 1. The van der Waals surface area contributed by atoms with Crippen molar-refractivity contribution in [3.8, 4) is 11.3 Å². The number of nitrogens with one attached hydrogen (secondary N) is 1. The summed E-state index contributed by atoms with van der Waals surface area (Å²) >= 11 is 1.37. The highest BCUT2D eigenvalue weighted by molar-refractivity contribution is 7.14. The summed E-state index contributed by atoms with van der Waals surface area (Å²) in [4.78, 5) is 20.4. The summed E-state index contributed by atoms with van der Waals surface area (Å²) < 4.78 is 1.58. The second-order valence-corrected chi connectivity index (χ2v) is 4.97. The summed E-state index contributed by atoms with van der Waals surface area (Å²) in [5, 5.41) is 9.20. The van der Waals surface area contributed by atoms with Gasteiger partial charge in [-0.1, -0.05) is 0 Å². The average molecular weight is 285 g/mol. The van der Waals surface area contributed by atoms with Gasteiger partial charge < -0.3 is 0 Å². The number of aromatic nitrogens is 4. The quantitative estimate of drug-likeness (QED) is 0.800. The number of nitrogens with zero attached hydrogens (tertiary/aromatic N) is 4. The van der Waals surface area contributed by atoms with Crippen molar-refractivity contribution < 1.29 is 4.79 Å². The van der Waals surface area contributed by atoms with E-state index < -0.39 is 0 Å². The number of carbonyl (C=O) groups excluding carboxylic acids is 1. The van der Waals surface area contributed by atoms with Gasteiger partial charge in [-0.25, -0.2) is 4.98 Å². The monoisotopic (exact) mass is 285 g/mol. The van der Waals surface area contributed by atoms with Crippen molar-refractivity contribution >= 4 is 22.4 Å². The third kappa shape index (κ3) is 2.57. The van der Waals surface area contributed by atoms with Crippen LogP contribution in [0.3, 0.4) is 0 Å². The molecule has 3 rings (SSSR count). The normalized spacial score (nSPS) is 10.4. The maximum atomic E-state index is 11.9. The number of thiazole rings is 1. The van der Waals surface area contributed by atoms with Crippen molar-refractivity contribution in [2.45, 2.75) is 0 Å². The van der Waals surface area contributed by atoms with Crippen molar-refractivity contribution in [2.75, 3.05) is 5.32 Å². The van der Waals surface area contributed by atoms with Crippen molar-refractivity contribution in [1.82, 2.24) is 19.7 Å². The molecule has 6 nitrogen and oxygen atoms in total. The van der Waals surface area contributed by atoms with Crippen LogP contribution in [-0.2, 0) is 7.05 Å². The largest absolute Gasteiger partial charge is 0.296 e. The molecule has 1 amide bonds.